The molecule has 0 amide bonds. The van der Waals surface area contributed by atoms with Crippen LogP contribution in [0.5, 0.6) is 5.88 Å². The van der Waals surface area contributed by atoms with Crippen LogP contribution in [0.4, 0.5) is 0 Å². The van der Waals surface area contributed by atoms with Crippen LogP contribution in [0.2, 0.25) is 0 Å². The minimum absolute atomic E-state index is 0.152. The van der Waals surface area contributed by atoms with Crippen molar-refractivity contribution in [1.82, 2.24) is 9.78 Å². The molecule has 0 saturated carbocycles. The number of ether oxygens (including phenoxy) is 1. The summed E-state index contributed by atoms with van der Waals surface area (Å²) in [5, 5.41) is 4.68. The van der Waals surface area contributed by atoms with Gasteiger partial charge in [-0.1, -0.05) is 56.2 Å². The minimum atomic E-state index is -0.390. The van der Waals surface area contributed by atoms with Gasteiger partial charge in [0.1, 0.15) is 0 Å². The monoisotopic (exact) mass is 348 g/mol. The summed E-state index contributed by atoms with van der Waals surface area (Å²) in [6.45, 7) is 10.3. The summed E-state index contributed by atoms with van der Waals surface area (Å²) in [6, 6.07) is 17.1. The molecule has 0 unspecified atom stereocenters. The van der Waals surface area contributed by atoms with E-state index in [0.29, 0.717) is 11.4 Å². The highest BCUT2D eigenvalue weighted by atomic mass is 16.5. The van der Waals surface area contributed by atoms with Crippen molar-refractivity contribution in [3.05, 3.63) is 77.0 Å². The second-order valence-electron chi connectivity index (χ2n) is 7.62. The molecule has 3 rings (SSSR count). The van der Waals surface area contributed by atoms with Crippen LogP contribution in [-0.4, -0.2) is 15.7 Å². The zero-order chi connectivity index (χ0) is 18.9. The molecule has 0 aliphatic heterocycles. The second kappa shape index (κ2) is 6.79. The molecule has 26 heavy (non-hydrogen) atoms. The molecule has 3 aromatic rings. The van der Waals surface area contributed by atoms with Crippen molar-refractivity contribution < 1.29 is 9.53 Å². The van der Waals surface area contributed by atoms with E-state index in [-0.39, 0.29) is 5.41 Å². The Bertz CT molecular complexity index is 914. The van der Waals surface area contributed by atoms with Gasteiger partial charge in [-0.05, 0) is 38.1 Å². The van der Waals surface area contributed by atoms with Crippen LogP contribution in [-0.2, 0) is 5.41 Å². The standard InChI is InChI=1S/C22H24N2O2/c1-15-6-10-17(11-7-15)21(25)26-20-14-19(22(3,4)5)23-24(20)18-12-8-16(2)9-13-18/h6-14H,1-5H3. The third-order valence-corrected chi connectivity index (χ3v) is 4.21. The van der Waals surface area contributed by atoms with Gasteiger partial charge in [-0.15, -0.1) is 0 Å². The zero-order valence-corrected chi connectivity index (χ0v) is 15.9. The molecule has 0 saturated heterocycles. The first-order chi connectivity index (χ1) is 12.2. The van der Waals surface area contributed by atoms with E-state index in [1.54, 1.807) is 16.8 Å². The molecule has 134 valence electrons. The number of carbonyl (C=O) groups excluding carboxylic acids is 1. The van der Waals surface area contributed by atoms with E-state index in [9.17, 15) is 4.79 Å². The van der Waals surface area contributed by atoms with Crippen LogP contribution < -0.4 is 4.74 Å². The molecule has 0 bridgehead atoms. The van der Waals surface area contributed by atoms with Gasteiger partial charge >= 0.3 is 5.97 Å². The number of aromatic nitrogens is 2. The number of hydrogen-bond acceptors (Lipinski definition) is 3. The zero-order valence-electron chi connectivity index (χ0n) is 15.9. The van der Waals surface area contributed by atoms with Gasteiger partial charge < -0.3 is 4.74 Å². The summed E-state index contributed by atoms with van der Waals surface area (Å²) in [6.07, 6.45) is 0. The van der Waals surface area contributed by atoms with E-state index < -0.39 is 5.97 Å². The van der Waals surface area contributed by atoms with Gasteiger partial charge in [-0.3, -0.25) is 0 Å². The normalized spacial score (nSPS) is 11.4. The second-order valence-corrected chi connectivity index (χ2v) is 7.62. The van der Waals surface area contributed by atoms with E-state index in [4.69, 9.17) is 4.74 Å². The van der Waals surface area contributed by atoms with Crippen molar-refractivity contribution in [2.45, 2.75) is 40.0 Å². The summed E-state index contributed by atoms with van der Waals surface area (Å²) < 4.78 is 7.38. The minimum Gasteiger partial charge on any atom is -0.404 e. The summed E-state index contributed by atoms with van der Waals surface area (Å²) in [5.41, 5.74) is 4.35. The van der Waals surface area contributed by atoms with E-state index >= 15 is 0 Å². The van der Waals surface area contributed by atoms with E-state index in [1.165, 1.54) is 0 Å². The third-order valence-electron chi connectivity index (χ3n) is 4.21. The number of carbonyl (C=O) groups is 1. The lowest BCUT2D eigenvalue weighted by atomic mass is 9.93. The van der Waals surface area contributed by atoms with Crippen molar-refractivity contribution in [2.24, 2.45) is 0 Å². The number of hydrogen-bond donors (Lipinski definition) is 0. The van der Waals surface area contributed by atoms with Crippen molar-refractivity contribution >= 4 is 5.97 Å². The van der Waals surface area contributed by atoms with Gasteiger partial charge in [0, 0.05) is 11.5 Å². The Morgan fingerprint density at radius 1 is 0.923 bits per heavy atom. The fourth-order valence-corrected chi connectivity index (χ4v) is 2.52. The van der Waals surface area contributed by atoms with Gasteiger partial charge in [0.2, 0.25) is 5.88 Å². The summed E-state index contributed by atoms with van der Waals surface area (Å²) in [4.78, 5) is 12.6. The molecular weight excluding hydrogens is 324 g/mol. The van der Waals surface area contributed by atoms with Crippen molar-refractivity contribution in [1.29, 1.82) is 0 Å². The Hall–Kier alpha value is -2.88. The first-order valence-corrected chi connectivity index (χ1v) is 8.70. The molecule has 4 nitrogen and oxygen atoms in total. The third kappa shape index (κ3) is 3.85. The molecular formula is C22H24N2O2. The molecule has 0 fully saturated rings. The highest BCUT2D eigenvalue weighted by molar-refractivity contribution is 5.91. The molecule has 0 radical (unpaired) electrons. The maximum absolute atomic E-state index is 12.6. The highest BCUT2D eigenvalue weighted by Crippen LogP contribution is 2.28. The Morgan fingerprint density at radius 2 is 1.46 bits per heavy atom. The summed E-state index contributed by atoms with van der Waals surface area (Å²) >= 11 is 0. The number of benzene rings is 2. The largest absolute Gasteiger partial charge is 0.404 e. The quantitative estimate of drug-likeness (QED) is 0.625. The molecule has 2 aromatic carbocycles. The van der Waals surface area contributed by atoms with Crippen molar-refractivity contribution in [3.8, 4) is 11.6 Å². The van der Waals surface area contributed by atoms with Gasteiger partial charge in [0.15, 0.2) is 0 Å². The van der Waals surface area contributed by atoms with Crippen LogP contribution >= 0.6 is 0 Å². The van der Waals surface area contributed by atoms with Crippen LogP contribution in [0.25, 0.3) is 5.69 Å². The maximum Gasteiger partial charge on any atom is 0.344 e. The van der Waals surface area contributed by atoms with Crippen molar-refractivity contribution in [2.75, 3.05) is 0 Å². The molecule has 0 N–H and O–H groups in total. The summed E-state index contributed by atoms with van der Waals surface area (Å²) in [5.74, 6) is 0.0306. The average Bonchev–Trinajstić information content (AvgIpc) is 3.00. The predicted molar refractivity (Wildman–Crippen MR) is 103 cm³/mol. The van der Waals surface area contributed by atoms with Crippen LogP contribution in [0.3, 0.4) is 0 Å². The molecule has 0 spiro atoms. The van der Waals surface area contributed by atoms with Crippen LogP contribution in [0.15, 0.2) is 54.6 Å². The smallest absolute Gasteiger partial charge is 0.344 e. The van der Waals surface area contributed by atoms with E-state index in [2.05, 4.69) is 25.9 Å². The Labute approximate surface area is 154 Å². The number of nitrogens with zero attached hydrogens (tertiary/aromatic N) is 2. The Kier molecular flexibility index (Phi) is 4.68. The molecule has 1 heterocycles. The van der Waals surface area contributed by atoms with Crippen molar-refractivity contribution in [3.63, 3.8) is 0 Å². The highest BCUT2D eigenvalue weighted by Gasteiger charge is 2.23. The first-order valence-electron chi connectivity index (χ1n) is 8.70. The lowest BCUT2D eigenvalue weighted by molar-refractivity contribution is 0.0723. The van der Waals surface area contributed by atoms with Crippen LogP contribution in [0, 0.1) is 13.8 Å². The van der Waals surface area contributed by atoms with Crippen LogP contribution in [0.1, 0.15) is 48.0 Å². The number of esters is 1. The molecule has 1 aromatic heterocycles. The van der Waals surface area contributed by atoms with Gasteiger partial charge in [-0.25, -0.2) is 9.48 Å². The topological polar surface area (TPSA) is 44.1 Å². The molecule has 0 aliphatic rings. The average molecular weight is 348 g/mol. The Morgan fingerprint density at radius 3 is 2.00 bits per heavy atom. The number of aryl methyl sites for hydroxylation is 2. The fourth-order valence-electron chi connectivity index (χ4n) is 2.52. The maximum atomic E-state index is 12.6. The van der Waals surface area contributed by atoms with Gasteiger partial charge in [0.05, 0.1) is 16.9 Å². The molecule has 4 heteroatoms. The first kappa shape index (κ1) is 17.9. The molecule has 0 atom stereocenters. The predicted octanol–water partition coefficient (Wildman–Crippen LogP) is 5.01. The van der Waals surface area contributed by atoms with Gasteiger partial charge in [0.25, 0.3) is 0 Å². The fraction of sp³-hybridized carbons (Fsp3) is 0.273. The lowest BCUT2D eigenvalue weighted by Crippen LogP contribution is -2.13. The summed E-state index contributed by atoms with van der Waals surface area (Å²) in [7, 11) is 0. The molecule has 0 aliphatic carbocycles. The SMILES string of the molecule is Cc1ccc(C(=O)Oc2cc(C(C)(C)C)nn2-c2ccc(C)cc2)cc1. The van der Waals surface area contributed by atoms with E-state index in [1.807, 2.05) is 56.3 Å². The Balaban J connectivity index is 1.99. The lowest BCUT2D eigenvalue weighted by Gasteiger charge is -2.13. The number of rotatable bonds is 3. The van der Waals surface area contributed by atoms with E-state index in [0.717, 1.165) is 22.5 Å². The van der Waals surface area contributed by atoms with Gasteiger partial charge in [-0.2, -0.15) is 5.10 Å².